The van der Waals surface area contributed by atoms with Gasteiger partial charge < -0.3 is 16.0 Å². The van der Waals surface area contributed by atoms with Crippen LogP contribution in [0.25, 0.3) is 10.1 Å². The number of thiophene rings is 1. The minimum absolute atomic E-state index is 0.230. The summed E-state index contributed by atoms with van der Waals surface area (Å²) < 4.78 is 1.02. The number of rotatable bonds is 0. The van der Waals surface area contributed by atoms with E-state index in [1.54, 1.807) is 0 Å². The molecule has 5 nitrogen and oxygen atoms in total. The Morgan fingerprint density at radius 3 is 2.61 bits per heavy atom. The second-order valence-corrected chi connectivity index (χ2v) is 6.68. The Hall–Kier alpha value is -2.86. The lowest BCUT2D eigenvalue weighted by atomic mass is 9.97. The second-order valence-electron chi connectivity index (χ2n) is 5.63. The number of anilines is 2. The summed E-state index contributed by atoms with van der Waals surface area (Å²) in [7, 11) is 0. The van der Waals surface area contributed by atoms with E-state index < -0.39 is 5.66 Å². The highest BCUT2D eigenvalue weighted by atomic mass is 32.1. The first-order valence-electron chi connectivity index (χ1n) is 7.22. The molecule has 0 saturated heterocycles. The molecule has 3 aromatic rings. The van der Waals surface area contributed by atoms with E-state index in [4.69, 9.17) is 0 Å². The van der Waals surface area contributed by atoms with Gasteiger partial charge in [-0.15, -0.1) is 11.3 Å². The van der Waals surface area contributed by atoms with E-state index in [-0.39, 0.29) is 11.8 Å². The molecule has 5 rings (SSSR count). The van der Waals surface area contributed by atoms with E-state index in [0.29, 0.717) is 10.6 Å². The highest BCUT2D eigenvalue weighted by Gasteiger charge is 2.51. The fourth-order valence-electron chi connectivity index (χ4n) is 3.28. The summed E-state index contributed by atoms with van der Waals surface area (Å²) in [5.74, 6) is -0.500. The number of hydrogen-bond acceptors (Lipinski definition) is 4. The third kappa shape index (κ3) is 1.50. The van der Waals surface area contributed by atoms with Gasteiger partial charge in [-0.2, -0.15) is 0 Å². The van der Waals surface area contributed by atoms with Gasteiger partial charge in [0.1, 0.15) is 4.88 Å². The molecule has 3 N–H and O–H groups in total. The van der Waals surface area contributed by atoms with Gasteiger partial charge >= 0.3 is 0 Å². The standard InChI is InChI=1S/C17H11N3O2S/c21-15-14-13(9-5-1-4-8-12(9)23-14)19-17(20-15)10-6-2-3-7-11(10)18-16(17)22/h1-8,19H,(H,18,22)(H,20,21). The van der Waals surface area contributed by atoms with Crippen LogP contribution in [0.2, 0.25) is 0 Å². The van der Waals surface area contributed by atoms with Crippen molar-refractivity contribution >= 4 is 44.6 Å². The lowest BCUT2D eigenvalue weighted by Gasteiger charge is -2.34. The molecule has 112 valence electrons. The Balaban J connectivity index is 1.77. The lowest BCUT2D eigenvalue weighted by Crippen LogP contribution is -2.58. The number of fused-ring (bicyclic) bond motifs is 5. The van der Waals surface area contributed by atoms with Gasteiger partial charge in [0.15, 0.2) is 0 Å². The van der Waals surface area contributed by atoms with Gasteiger partial charge in [0, 0.05) is 21.3 Å². The van der Waals surface area contributed by atoms with E-state index in [2.05, 4.69) is 16.0 Å². The van der Waals surface area contributed by atoms with Crippen LogP contribution in [0.3, 0.4) is 0 Å². The molecule has 0 fully saturated rings. The predicted molar refractivity (Wildman–Crippen MR) is 89.7 cm³/mol. The lowest BCUT2D eigenvalue weighted by molar-refractivity contribution is -0.120. The molecule has 2 aliphatic rings. The Labute approximate surface area is 135 Å². The van der Waals surface area contributed by atoms with Crippen LogP contribution in [-0.4, -0.2) is 11.8 Å². The summed E-state index contributed by atoms with van der Waals surface area (Å²) >= 11 is 1.43. The maximum atomic E-state index is 12.7. The SMILES string of the molecule is O=C1NC2(Nc3c1sc1ccccc31)C(=O)Nc1ccccc12. The first kappa shape index (κ1) is 12.7. The molecule has 1 spiro atoms. The fourth-order valence-corrected chi connectivity index (χ4v) is 4.33. The minimum Gasteiger partial charge on any atom is -0.349 e. The molecule has 0 aliphatic carbocycles. The third-order valence-electron chi connectivity index (χ3n) is 4.34. The summed E-state index contributed by atoms with van der Waals surface area (Å²) in [6.07, 6.45) is 0. The first-order chi connectivity index (χ1) is 11.2. The molecule has 0 radical (unpaired) electrons. The van der Waals surface area contributed by atoms with E-state index >= 15 is 0 Å². The Bertz CT molecular complexity index is 1010. The average molecular weight is 321 g/mol. The number of para-hydroxylation sites is 1. The largest absolute Gasteiger partial charge is 0.349 e. The van der Waals surface area contributed by atoms with Crippen LogP contribution in [0.1, 0.15) is 15.2 Å². The summed E-state index contributed by atoms with van der Waals surface area (Å²) in [4.78, 5) is 25.9. The van der Waals surface area contributed by atoms with Gasteiger partial charge in [-0.05, 0) is 12.1 Å². The van der Waals surface area contributed by atoms with Crippen molar-refractivity contribution < 1.29 is 9.59 Å². The molecule has 2 amide bonds. The molecule has 23 heavy (non-hydrogen) atoms. The molecular weight excluding hydrogens is 310 g/mol. The smallest absolute Gasteiger partial charge is 0.275 e. The number of carbonyl (C=O) groups excluding carboxylic acids is 2. The van der Waals surface area contributed by atoms with Crippen molar-refractivity contribution in [3.63, 3.8) is 0 Å². The van der Waals surface area contributed by atoms with E-state index in [1.165, 1.54) is 11.3 Å². The zero-order chi connectivity index (χ0) is 15.6. The third-order valence-corrected chi connectivity index (χ3v) is 5.50. The van der Waals surface area contributed by atoms with Crippen molar-refractivity contribution in [3.05, 3.63) is 59.0 Å². The molecule has 1 atom stereocenters. The topological polar surface area (TPSA) is 70.2 Å². The highest BCUT2D eigenvalue weighted by Crippen LogP contribution is 2.45. The molecule has 1 aromatic heterocycles. The normalized spacial score (nSPS) is 21.6. The first-order valence-corrected chi connectivity index (χ1v) is 8.04. The summed E-state index contributed by atoms with van der Waals surface area (Å²) in [5, 5.41) is 9.96. The summed E-state index contributed by atoms with van der Waals surface area (Å²) in [5.41, 5.74) is 0.929. The number of hydrogen-bond donors (Lipinski definition) is 3. The Morgan fingerprint density at radius 1 is 0.913 bits per heavy atom. The zero-order valence-electron chi connectivity index (χ0n) is 11.8. The van der Waals surface area contributed by atoms with Crippen molar-refractivity contribution in [2.75, 3.05) is 10.6 Å². The van der Waals surface area contributed by atoms with Crippen LogP contribution in [-0.2, 0) is 10.5 Å². The van der Waals surface area contributed by atoms with Gasteiger partial charge in [0.2, 0.25) is 5.66 Å². The van der Waals surface area contributed by atoms with E-state index in [0.717, 1.165) is 21.3 Å². The molecule has 0 bridgehead atoms. The number of amides is 2. The highest BCUT2D eigenvalue weighted by molar-refractivity contribution is 7.21. The molecule has 0 saturated carbocycles. The second kappa shape index (κ2) is 4.11. The fraction of sp³-hybridized carbons (Fsp3) is 0.0588. The molecule has 2 aromatic carbocycles. The van der Waals surface area contributed by atoms with Crippen LogP contribution in [0, 0.1) is 0 Å². The van der Waals surface area contributed by atoms with Crippen LogP contribution in [0.5, 0.6) is 0 Å². The number of carbonyl (C=O) groups is 2. The molecule has 2 aliphatic heterocycles. The van der Waals surface area contributed by atoms with Crippen LogP contribution in [0.15, 0.2) is 48.5 Å². The van der Waals surface area contributed by atoms with E-state index in [1.807, 2.05) is 48.5 Å². The molecular formula is C17H11N3O2S. The molecule has 1 unspecified atom stereocenters. The maximum Gasteiger partial charge on any atom is 0.275 e. The summed E-state index contributed by atoms with van der Waals surface area (Å²) in [6, 6.07) is 15.2. The maximum absolute atomic E-state index is 12.7. The quantitative estimate of drug-likeness (QED) is 0.596. The van der Waals surface area contributed by atoms with Crippen LogP contribution >= 0.6 is 11.3 Å². The minimum atomic E-state index is -1.25. The number of benzene rings is 2. The average Bonchev–Trinajstić information content (AvgIpc) is 3.06. The van der Waals surface area contributed by atoms with Crippen molar-refractivity contribution in [2.45, 2.75) is 5.66 Å². The van der Waals surface area contributed by atoms with Gasteiger partial charge in [-0.25, -0.2) is 0 Å². The van der Waals surface area contributed by atoms with Crippen molar-refractivity contribution in [1.29, 1.82) is 0 Å². The van der Waals surface area contributed by atoms with Crippen molar-refractivity contribution in [2.24, 2.45) is 0 Å². The molecule has 6 heteroatoms. The Morgan fingerprint density at radius 2 is 1.70 bits per heavy atom. The van der Waals surface area contributed by atoms with Crippen molar-refractivity contribution in [3.8, 4) is 0 Å². The Kier molecular flexibility index (Phi) is 2.26. The van der Waals surface area contributed by atoms with Gasteiger partial charge in [-0.1, -0.05) is 36.4 Å². The van der Waals surface area contributed by atoms with Crippen LogP contribution in [0.4, 0.5) is 11.4 Å². The predicted octanol–water partition coefficient (Wildman–Crippen LogP) is 2.86. The van der Waals surface area contributed by atoms with Crippen molar-refractivity contribution in [1.82, 2.24) is 5.32 Å². The van der Waals surface area contributed by atoms with Gasteiger partial charge in [-0.3, -0.25) is 9.59 Å². The van der Waals surface area contributed by atoms with Crippen LogP contribution < -0.4 is 16.0 Å². The number of nitrogens with one attached hydrogen (secondary N) is 3. The van der Waals surface area contributed by atoms with Gasteiger partial charge in [0.25, 0.3) is 11.8 Å². The molecule has 3 heterocycles. The zero-order valence-corrected chi connectivity index (χ0v) is 12.7. The van der Waals surface area contributed by atoms with Gasteiger partial charge in [0.05, 0.1) is 5.69 Å². The summed E-state index contributed by atoms with van der Waals surface area (Å²) in [6.45, 7) is 0. The monoisotopic (exact) mass is 321 g/mol. The van der Waals surface area contributed by atoms with E-state index in [9.17, 15) is 9.59 Å².